The first-order valence-electron chi connectivity index (χ1n) is 7.52. The summed E-state index contributed by atoms with van der Waals surface area (Å²) in [5.41, 5.74) is 1.11. The molecular weight excluding hydrogens is 248 g/mol. The van der Waals surface area contributed by atoms with Gasteiger partial charge in [-0.25, -0.2) is 0 Å². The molecule has 0 unspecified atom stereocenters. The fraction of sp³-hybridized carbons (Fsp3) is 0.529. The highest BCUT2D eigenvalue weighted by Crippen LogP contribution is 2.36. The number of rotatable bonds is 5. The summed E-state index contributed by atoms with van der Waals surface area (Å²) in [6.07, 6.45) is 6.36. The topological polar surface area (TPSA) is 52.9 Å². The molecule has 1 saturated carbocycles. The fourth-order valence-corrected chi connectivity index (χ4v) is 3.12. The van der Waals surface area contributed by atoms with Gasteiger partial charge in [0.25, 0.3) is 0 Å². The van der Waals surface area contributed by atoms with E-state index in [1.54, 1.807) is 0 Å². The van der Waals surface area contributed by atoms with Gasteiger partial charge in [-0.1, -0.05) is 49.6 Å². The highest BCUT2D eigenvalue weighted by molar-refractivity contribution is 5.84. The zero-order valence-corrected chi connectivity index (χ0v) is 11.8. The van der Waals surface area contributed by atoms with Gasteiger partial charge in [0.2, 0.25) is 5.91 Å². The summed E-state index contributed by atoms with van der Waals surface area (Å²) in [5.74, 6) is 0.460. The van der Waals surface area contributed by atoms with Crippen LogP contribution in [0.3, 0.4) is 0 Å². The molecule has 1 N–H and O–H groups in total. The zero-order chi connectivity index (χ0) is 14.2. The van der Waals surface area contributed by atoms with Gasteiger partial charge in [-0.3, -0.25) is 4.79 Å². The van der Waals surface area contributed by atoms with Crippen molar-refractivity contribution >= 4 is 5.91 Å². The highest BCUT2D eigenvalue weighted by atomic mass is 16.1. The Morgan fingerprint density at radius 3 is 2.60 bits per heavy atom. The van der Waals surface area contributed by atoms with Crippen LogP contribution in [0, 0.1) is 17.2 Å². The number of hydrogen-bond donors (Lipinski definition) is 1. The second-order valence-electron chi connectivity index (χ2n) is 5.49. The van der Waals surface area contributed by atoms with Gasteiger partial charge in [0.1, 0.15) is 0 Å². The molecule has 3 heteroatoms. The first-order chi connectivity index (χ1) is 9.83. The van der Waals surface area contributed by atoms with Gasteiger partial charge in [-0.05, 0) is 24.3 Å². The smallest absolute Gasteiger partial charge is 0.227 e. The minimum absolute atomic E-state index is 0.0600. The third-order valence-electron chi connectivity index (χ3n) is 4.10. The number of carbonyl (C=O) groups excluding carboxylic acids is 1. The van der Waals surface area contributed by atoms with E-state index in [0.717, 1.165) is 18.4 Å². The van der Waals surface area contributed by atoms with E-state index in [0.29, 0.717) is 18.9 Å². The van der Waals surface area contributed by atoms with Crippen LogP contribution in [0.5, 0.6) is 0 Å². The Morgan fingerprint density at radius 1 is 1.25 bits per heavy atom. The lowest BCUT2D eigenvalue weighted by Crippen LogP contribution is -2.34. The molecule has 1 atom stereocenters. The normalized spacial score (nSPS) is 17.1. The van der Waals surface area contributed by atoms with Crippen molar-refractivity contribution in [1.82, 2.24) is 5.32 Å². The van der Waals surface area contributed by atoms with E-state index in [4.69, 9.17) is 5.26 Å². The molecule has 0 spiro atoms. The van der Waals surface area contributed by atoms with Crippen LogP contribution < -0.4 is 5.32 Å². The summed E-state index contributed by atoms with van der Waals surface area (Å²) < 4.78 is 0. The predicted molar refractivity (Wildman–Crippen MR) is 79.0 cm³/mol. The molecule has 20 heavy (non-hydrogen) atoms. The van der Waals surface area contributed by atoms with Crippen molar-refractivity contribution in [3.63, 3.8) is 0 Å². The summed E-state index contributed by atoms with van der Waals surface area (Å²) >= 11 is 0. The molecule has 1 aromatic carbocycles. The molecule has 3 nitrogen and oxygen atoms in total. The van der Waals surface area contributed by atoms with Crippen LogP contribution in [-0.2, 0) is 4.79 Å². The maximum atomic E-state index is 12.5. The molecule has 2 rings (SSSR count). The van der Waals surface area contributed by atoms with E-state index in [-0.39, 0.29) is 11.8 Å². The van der Waals surface area contributed by atoms with Crippen molar-refractivity contribution < 1.29 is 4.79 Å². The van der Waals surface area contributed by atoms with E-state index in [1.807, 2.05) is 30.3 Å². The van der Waals surface area contributed by atoms with E-state index >= 15 is 0 Å². The van der Waals surface area contributed by atoms with Gasteiger partial charge in [0.05, 0.1) is 18.4 Å². The van der Waals surface area contributed by atoms with Gasteiger partial charge in [-0.2, -0.15) is 5.26 Å². The summed E-state index contributed by atoms with van der Waals surface area (Å²) in [7, 11) is 0. The number of nitriles is 1. The second-order valence-corrected chi connectivity index (χ2v) is 5.49. The fourth-order valence-electron chi connectivity index (χ4n) is 3.12. The molecule has 1 aliphatic rings. The quantitative estimate of drug-likeness (QED) is 0.834. The van der Waals surface area contributed by atoms with Crippen molar-refractivity contribution in [2.24, 2.45) is 5.92 Å². The lowest BCUT2D eigenvalue weighted by molar-refractivity contribution is -0.124. The standard InChI is InChI=1S/C17H22N2O/c18-12-7-13-19-17(20)16(14-8-3-1-4-9-14)15-10-5-2-6-11-15/h1,3-4,8-9,15-16H,2,5-7,10-11,13H2,(H,19,20)/t16-/m0/s1. The molecule has 0 radical (unpaired) electrons. The largest absolute Gasteiger partial charge is 0.355 e. The number of nitrogens with zero attached hydrogens (tertiary/aromatic N) is 1. The summed E-state index contributed by atoms with van der Waals surface area (Å²) in [6.45, 7) is 0.450. The molecule has 0 aliphatic heterocycles. The number of benzene rings is 1. The van der Waals surface area contributed by atoms with E-state index in [9.17, 15) is 4.79 Å². The van der Waals surface area contributed by atoms with Gasteiger partial charge < -0.3 is 5.32 Å². The van der Waals surface area contributed by atoms with Crippen LogP contribution in [0.2, 0.25) is 0 Å². The molecule has 0 aromatic heterocycles. The molecule has 1 aliphatic carbocycles. The Hall–Kier alpha value is -1.82. The van der Waals surface area contributed by atoms with Crippen molar-refractivity contribution in [1.29, 1.82) is 5.26 Å². The monoisotopic (exact) mass is 270 g/mol. The van der Waals surface area contributed by atoms with Crippen LogP contribution in [0.1, 0.15) is 50.0 Å². The first kappa shape index (κ1) is 14.6. The zero-order valence-electron chi connectivity index (χ0n) is 11.8. The number of nitrogens with one attached hydrogen (secondary N) is 1. The van der Waals surface area contributed by atoms with Crippen molar-refractivity contribution in [3.8, 4) is 6.07 Å². The third kappa shape index (κ3) is 3.84. The van der Waals surface area contributed by atoms with Gasteiger partial charge in [-0.15, -0.1) is 0 Å². The summed E-state index contributed by atoms with van der Waals surface area (Å²) in [6, 6.07) is 12.1. The Morgan fingerprint density at radius 2 is 1.95 bits per heavy atom. The molecule has 0 bridgehead atoms. The Balaban J connectivity index is 2.11. The maximum Gasteiger partial charge on any atom is 0.227 e. The summed E-state index contributed by atoms with van der Waals surface area (Å²) in [5, 5.41) is 11.5. The maximum absolute atomic E-state index is 12.5. The Labute approximate surface area is 121 Å². The SMILES string of the molecule is N#CCCNC(=O)[C@@H](c1ccccc1)C1CCCCC1. The van der Waals surface area contributed by atoms with Crippen LogP contribution in [0.25, 0.3) is 0 Å². The minimum atomic E-state index is -0.0600. The Bertz CT molecular complexity index is 458. The molecule has 1 aromatic rings. The molecule has 0 heterocycles. The summed E-state index contributed by atoms with van der Waals surface area (Å²) in [4.78, 5) is 12.5. The van der Waals surface area contributed by atoms with Crippen LogP contribution >= 0.6 is 0 Å². The van der Waals surface area contributed by atoms with Gasteiger partial charge in [0.15, 0.2) is 0 Å². The molecule has 0 saturated heterocycles. The number of carbonyl (C=O) groups is 1. The third-order valence-corrected chi connectivity index (χ3v) is 4.10. The van der Waals surface area contributed by atoms with Crippen molar-refractivity contribution in [3.05, 3.63) is 35.9 Å². The lowest BCUT2D eigenvalue weighted by atomic mass is 9.76. The molecule has 1 amide bonds. The molecule has 1 fully saturated rings. The first-order valence-corrected chi connectivity index (χ1v) is 7.52. The van der Waals surface area contributed by atoms with Crippen LogP contribution in [-0.4, -0.2) is 12.5 Å². The number of hydrogen-bond acceptors (Lipinski definition) is 2. The second kappa shape index (κ2) is 7.69. The Kier molecular flexibility index (Phi) is 5.61. The van der Waals surface area contributed by atoms with E-state index in [1.165, 1.54) is 19.3 Å². The van der Waals surface area contributed by atoms with Gasteiger partial charge in [0, 0.05) is 6.54 Å². The lowest BCUT2D eigenvalue weighted by Gasteiger charge is -2.29. The average Bonchev–Trinajstić information content (AvgIpc) is 2.50. The van der Waals surface area contributed by atoms with Crippen molar-refractivity contribution in [2.45, 2.75) is 44.4 Å². The van der Waals surface area contributed by atoms with E-state index < -0.39 is 0 Å². The molecular formula is C17H22N2O. The number of amides is 1. The van der Waals surface area contributed by atoms with Crippen LogP contribution in [0.15, 0.2) is 30.3 Å². The highest BCUT2D eigenvalue weighted by Gasteiger charge is 2.30. The van der Waals surface area contributed by atoms with Gasteiger partial charge >= 0.3 is 0 Å². The van der Waals surface area contributed by atoms with Crippen molar-refractivity contribution in [2.75, 3.05) is 6.54 Å². The average molecular weight is 270 g/mol. The predicted octanol–water partition coefficient (Wildman–Crippen LogP) is 3.38. The van der Waals surface area contributed by atoms with Crippen LogP contribution in [0.4, 0.5) is 0 Å². The van der Waals surface area contributed by atoms with E-state index in [2.05, 4.69) is 11.4 Å². The minimum Gasteiger partial charge on any atom is -0.355 e. The molecule has 106 valence electrons.